The molecule has 2 nitrogen and oxygen atoms in total. The van der Waals surface area contributed by atoms with Crippen molar-refractivity contribution in [3.63, 3.8) is 0 Å². The lowest BCUT2D eigenvalue weighted by atomic mass is 9.98. The topological polar surface area (TPSA) is 20.3 Å². The maximum absolute atomic E-state index is 12.4. The number of carbonyl (C=O) groups excluding carboxylic acids is 1. The zero-order chi connectivity index (χ0) is 16.1. The lowest BCUT2D eigenvalue weighted by Gasteiger charge is -2.14. The normalized spacial score (nSPS) is 11.0. The number of hydrogen-bond donors (Lipinski definition) is 0. The molecule has 0 saturated heterocycles. The highest BCUT2D eigenvalue weighted by Gasteiger charge is 2.11. The summed E-state index contributed by atoms with van der Waals surface area (Å²) >= 11 is 12.0. The summed E-state index contributed by atoms with van der Waals surface area (Å²) in [5.41, 5.74) is 3.08. The first-order chi connectivity index (χ1) is 10.5. The van der Waals surface area contributed by atoms with E-state index in [0.717, 1.165) is 17.7 Å². The van der Waals surface area contributed by atoms with Gasteiger partial charge in [-0.15, -0.1) is 0 Å². The van der Waals surface area contributed by atoms with Crippen LogP contribution < -0.4 is 0 Å². The van der Waals surface area contributed by atoms with E-state index in [4.69, 9.17) is 23.2 Å². The van der Waals surface area contributed by atoms with Gasteiger partial charge in [-0.1, -0.05) is 53.5 Å². The summed E-state index contributed by atoms with van der Waals surface area (Å²) in [4.78, 5) is 14.4. The van der Waals surface area contributed by atoms with Crippen molar-refractivity contribution in [3.8, 4) is 0 Å². The number of halogens is 2. The summed E-state index contributed by atoms with van der Waals surface area (Å²) in [6, 6.07) is 13.3. The lowest BCUT2D eigenvalue weighted by Crippen LogP contribution is -2.14. The van der Waals surface area contributed by atoms with Gasteiger partial charge in [-0.2, -0.15) is 0 Å². The maximum atomic E-state index is 12.4. The number of rotatable bonds is 6. The van der Waals surface area contributed by atoms with Gasteiger partial charge in [0.2, 0.25) is 0 Å². The second kappa shape index (κ2) is 7.77. The summed E-state index contributed by atoms with van der Waals surface area (Å²) in [6.45, 7) is 0.825. The molecule has 0 N–H and O–H groups in total. The highest BCUT2D eigenvalue weighted by molar-refractivity contribution is 6.35. The van der Waals surface area contributed by atoms with Crippen molar-refractivity contribution in [2.45, 2.75) is 19.4 Å². The third-order valence-electron chi connectivity index (χ3n) is 3.40. The zero-order valence-electron chi connectivity index (χ0n) is 12.8. The Bertz CT molecular complexity index is 668. The van der Waals surface area contributed by atoms with Gasteiger partial charge < -0.3 is 4.90 Å². The van der Waals surface area contributed by atoms with Gasteiger partial charge in [-0.05, 0) is 42.9 Å². The number of hydrogen-bond acceptors (Lipinski definition) is 2. The predicted molar refractivity (Wildman–Crippen MR) is 92.7 cm³/mol. The van der Waals surface area contributed by atoms with E-state index in [2.05, 4.69) is 11.0 Å². The Kier molecular flexibility index (Phi) is 6.01. The highest BCUT2D eigenvalue weighted by Crippen LogP contribution is 2.22. The van der Waals surface area contributed by atoms with Gasteiger partial charge in [0.15, 0.2) is 0 Å². The Morgan fingerprint density at radius 1 is 0.955 bits per heavy atom. The molecule has 2 aromatic rings. The first-order valence-electron chi connectivity index (χ1n) is 7.13. The number of benzene rings is 2. The third kappa shape index (κ3) is 4.84. The predicted octanol–water partition coefficient (Wildman–Crippen LogP) is 4.41. The first kappa shape index (κ1) is 17.0. The molecule has 0 spiro atoms. The highest BCUT2D eigenvalue weighted by atomic mass is 35.5. The summed E-state index contributed by atoms with van der Waals surface area (Å²) in [6.07, 6.45) is 0.745. The molecule has 0 saturated carbocycles. The van der Waals surface area contributed by atoms with Gasteiger partial charge in [0, 0.05) is 29.4 Å². The molecule has 0 unspecified atom stereocenters. The molecule has 0 aliphatic rings. The summed E-state index contributed by atoms with van der Waals surface area (Å²) < 4.78 is 0. The fraction of sp³-hybridized carbons (Fsp3) is 0.278. The van der Waals surface area contributed by atoms with Crippen LogP contribution in [0.25, 0.3) is 0 Å². The molecule has 0 aliphatic carbocycles. The Labute approximate surface area is 141 Å². The minimum atomic E-state index is 0.149. The molecule has 22 heavy (non-hydrogen) atoms. The molecule has 0 heterocycles. The van der Waals surface area contributed by atoms with E-state index >= 15 is 0 Å². The number of nitrogens with zero attached hydrogens (tertiary/aromatic N) is 1. The quantitative estimate of drug-likeness (QED) is 0.779. The molecule has 4 heteroatoms. The van der Waals surface area contributed by atoms with Crippen LogP contribution in [0.2, 0.25) is 10.0 Å². The molecule has 116 valence electrons. The molecule has 0 radical (unpaired) electrons. The van der Waals surface area contributed by atoms with Crippen molar-refractivity contribution in [2.75, 3.05) is 14.1 Å². The van der Waals surface area contributed by atoms with Crippen LogP contribution in [0.15, 0.2) is 42.5 Å². The molecule has 0 atom stereocenters. The summed E-state index contributed by atoms with van der Waals surface area (Å²) in [5, 5.41) is 1.12. The van der Waals surface area contributed by atoms with Gasteiger partial charge in [-0.3, -0.25) is 4.79 Å². The number of carbonyl (C=O) groups is 1. The van der Waals surface area contributed by atoms with Crippen molar-refractivity contribution < 1.29 is 4.79 Å². The zero-order valence-corrected chi connectivity index (χ0v) is 14.3. The minimum Gasteiger partial charge on any atom is -0.305 e. The molecule has 0 aliphatic heterocycles. The van der Waals surface area contributed by atoms with Crippen LogP contribution in [0.3, 0.4) is 0 Å². The SMILES string of the molecule is CN(C)Cc1ccccc1CC(=O)Cc1ccc(Cl)cc1Cl. The monoisotopic (exact) mass is 335 g/mol. The average Bonchev–Trinajstić information content (AvgIpc) is 2.43. The van der Waals surface area contributed by atoms with Crippen molar-refractivity contribution in [1.82, 2.24) is 4.90 Å². The van der Waals surface area contributed by atoms with Crippen LogP contribution in [0, 0.1) is 0 Å². The Morgan fingerprint density at radius 2 is 1.59 bits per heavy atom. The van der Waals surface area contributed by atoms with E-state index < -0.39 is 0 Å². The lowest BCUT2D eigenvalue weighted by molar-refractivity contribution is -0.117. The summed E-state index contributed by atoms with van der Waals surface area (Å²) in [7, 11) is 4.04. The molecular weight excluding hydrogens is 317 g/mol. The van der Waals surface area contributed by atoms with Gasteiger partial charge in [0.05, 0.1) is 0 Å². The molecule has 2 rings (SSSR count). The van der Waals surface area contributed by atoms with Crippen LogP contribution in [-0.2, 0) is 24.2 Å². The fourth-order valence-corrected chi connectivity index (χ4v) is 2.85. The number of ketones is 1. The standard InChI is InChI=1S/C18H19Cl2NO/c1-21(2)12-15-6-4-3-5-13(15)9-17(22)10-14-7-8-16(19)11-18(14)20/h3-8,11H,9-10,12H2,1-2H3. The van der Waals surface area contributed by atoms with E-state index in [1.165, 1.54) is 5.56 Å². The smallest absolute Gasteiger partial charge is 0.141 e. The van der Waals surface area contributed by atoms with Gasteiger partial charge in [-0.25, -0.2) is 0 Å². The van der Waals surface area contributed by atoms with Crippen LogP contribution in [0.4, 0.5) is 0 Å². The van der Waals surface area contributed by atoms with E-state index in [1.807, 2.05) is 38.4 Å². The third-order valence-corrected chi connectivity index (χ3v) is 3.98. The van der Waals surface area contributed by atoms with E-state index in [-0.39, 0.29) is 5.78 Å². The van der Waals surface area contributed by atoms with E-state index in [0.29, 0.717) is 22.9 Å². The van der Waals surface area contributed by atoms with Crippen molar-refractivity contribution in [1.29, 1.82) is 0 Å². The van der Waals surface area contributed by atoms with Crippen LogP contribution in [0.5, 0.6) is 0 Å². The molecular formula is C18H19Cl2NO. The molecule has 0 bridgehead atoms. The molecule has 0 fully saturated rings. The second-order valence-corrected chi connectivity index (χ2v) is 6.48. The van der Waals surface area contributed by atoms with Crippen LogP contribution in [-0.4, -0.2) is 24.8 Å². The Hall–Kier alpha value is -1.35. The molecule has 0 aromatic heterocycles. The van der Waals surface area contributed by atoms with Crippen molar-refractivity contribution >= 4 is 29.0 Å². The summed E-state index contributed by atoms with van der Waals surface area (Å²) in [5.74, 6) is 0.149. The van der Waals surface area contributed by atoms with Crippen LogP contribution in [0.1, 0.15) is 16.7 Å². The molecule has 2 aromatic carbocycles. The van der Waals surface area contributed by atoms with Gasteiger partial charge >= 0.3 is 0 Å². The van der Waals surface area contributed by atoms with Crippen molar-refractivity contribution in [2.24, 2.45) is 0 Å². The average molecular weight is 336 g/mol. The maximum Gasteiger partial charge on any atom is 0.141 e. The first-order valence-corrected chi connectivity index (χ1v) is 7.88. The van der Waals surface area contributed by atoms with E-state index in [9.17, 15) is 4.79 Å². The minimum absolute atomic E-state index is 0.149. The van der Waals surface area contributed by atoms with E-state index in [1.54, 1.807) is 12.1 Å². The van der Waals surface area contributed by atoms with Gasteiger partial charge in [0.25, 0.3) is 0 Å². The largest absolute Gasteiger partial charge is 0.305 e. The van der Waals surface area contributed by atoms with Crippen LogP contribution >= 0.6 is 23.2 Å². The second-order valence-electron chi connectivity index (χ2n) is 5.63. The fourth-order valence-electron chi connectivity index (χ4n) is 2.38. The van der Waals surface area contributed by atoms with Crippen molar-refractivity contribution in [3.05, 3.63) is 69.2 Å². The Morgan fingerprint density at radius 3 is 2.23 bits per heavy atom. The Balaban J connectivity index is 2.09. The molecule has 0 amide bonds. The number of Topliss-reactive ketones (excluding diaryl/α,β-unsaturated/α-hetero) is 1. The van der Waals surface area contributed by atoms with Gasteiger partial charge in [0.1, 0.15) is 5.78 Å².